The molecule has 2 aromatic heterocycles. The first-order chi connectivity index (χ1) is 9.70. The first kappa shape index (κ1) is 13.6. The second-order valence-electron chi connectivity index (χ2n) is 6.21. The SMILES string of the molecule is CC(C)CC1CN(Cc2cn3ccccc3n2)CCN1. The van der Waals surface area contributed by atoms with Crippen LogP contribution in [0.3, 0.4) is 0 Å². The summed E-state index contributed by atoms with van der Waals surface area (Å²) in [6, 6.07) is 6.76. The number of pyridine rings is 1. The monoisotopic (exact) mass is 272 g/mol. The molecule has 0 amide bonds. The zero-order valence-corrected chi connectivity index (χ0v) is 12.4. The maximum Gasteiger partial charge on any atom is 0.137 e. The van der Waals surface area contributed by atoms with E-state index in [9.17, 15) is 0 Å². The van der Waals surface area contributed by atoms with Crippen LogP contribution in [0.25, 0.3) is 5.65 Å². The van der Waals surface area contributed by atoms with Gasteiger partial charge in [0.2, 0.25) is 0 Å². The molecule has 1 aliphatic rings. The molecule has 0 aliphatic carbocycles. The topological polar surface area (TPSA) is 32.6 Å². The van der Waals surface area contributed by atoms with Gasteiger partial charge in [0.25, 0.3) is 0 Å². The van der Waals surface area contributed by atoms with Crippen LogP contribution >= 0.6 is 0 Å². The van der Waals surface area contributed by atoms with Crippen LogP contribution in [0.2, 0.25) is 0 Å². The van der Waals surface area contributed by atoms with E-state index in [-0.39, 0.29) is 0 Å². The Bertz CT molecular complexity index is 527. The molecular weight excluding hydrogens is 248 g/mol. The van der Waals surface area contributed by atoms with Gasteiger partial charge in [-0.05, 0) is 24.5 Å². The molecule has 0 spiro atoms. The van der Waals surface area contributed by atoms with Gasteiger partial charge in [-0.1, -0.05) is 19.9 Å². The Balaban J connectivity index is 1.64. The summed E-state index contributed by atoms with van der Waals surface area (Å²) in [5, 5.41) is 3.63. The fourth-order valence-corrected chi connectivity index (χ4v) is 3.06. The molecule has 1 atom stereocenters. The molecule has 1 fully saturated rings. The average Bonchev–Trinajstić information content (AvgIpc) is 2.80. The van der Waals surface area contributed by atoms with Crippen molar-refractivity contribution in [2.24, 2.45) is 5.92 Å². The molecule has 1 N–H and O–H groups in total. The maximum atomic E-state index is 4.69. The average molecular weight is 272 g/mol. The molecule has 0 bridgehead atoms. The minimum atomic E-state index is 0.626. The zero-order chi connectivity index (χ0) is 13.9. The van der Waals surface area contributed by atoms with Gasteiger partial charge >= 0.3 is 0 Å². The summed E-state index contributed by atoms with van der Waals surface area (Å²) in [6.45, 7) is 8.88. The number of nitrogens with one attached hydrogen (secondary N) is 1. The highest BCUT2D eigenvalue weighted by molar-refractivity contribution is 5.39. The molecule has 2 aromatic rings. The summed E-state index contributed by atoms with van der Waals surface area (Å²) in [6.07, 6.45) is 5.46. The van der Waals surface area contributed by atoms with Crippen LogP contribution in [-0.4, -0.2) is 40.0 Å². The Labute approximate surface area is 120 Å². The summed E-state index contributed by atoms with van der Waals surface area (Å²) in [4.78, 5) is 7.21. The van der Waals surface area contributed by atoms with Crippen molar-refractivity contribution in [1.29, 1.82) is 0 Å². The molecule has 4 nitrogen and oxygen atoms in total. The van der Waals surface area contributed by atoms with E-state index in [1.807, 2.05) is 12.1 Å². The molecular formula is C16H24N4. The van der Waals surface area contributed by atoms with E-state index >= 15 is 0 Å². The minimum Gasteiger partial charge on any atom is -0.311 e. The van der Waals surface area contributed by atoms with E-state index in [0.717, 1.165) is 37.7 Å². The third-order valence-corrected chi connectivity index (χ3v) is 3.90. The van der Waals surface area contributed by atoms with E-state index in [1.165, 1.54) is 12.1 Å². The molecule has 4 heteroatoms. The van der Waals surface area contributed by atoms with Gasteiger partial charge in [-0.15, -0.1) is 0 Å². The summed E-state index contributed by atoms with van der Waals surface area (Å²) in [7, 11) is 0. The maximum absolute atomic E-state index is 4.69. The summed E-state index contributed by atoms with van der Waals surface area (Å²) < 4.78 is 2.10. The number of aromatic nitrogens is 2. The highest BCUT2D eigenvalue weighted by atomic mass is 15.2. The van der Waals surface area contributed by atoms with Crippen molar-refractivity contribution in [3.63, 3.8) is 0 Å². The van der Waals surface area contributed by atoms with E-state index < -0.39 is 0 Å². The third-order valence-electron chi connectivity index (χ3n) is 3.90. The molecule has 3 heterocycles. The van der Waals surface area contributed by atoms with Crippen molar-refractivity contribution < 1.29 is 0 Å². The van der Waals surface area contributed by atoms with E-state index in [2.05, 4.69) is 46.9 Å². The van der Waals surface area contributed by atoms with Gasteiger partial charge in [0.05, 0.1) is 5.69 Å². The minimum absolute atomic E-state index is 0.626. The molecule has 20 heavy (non-hydrogen) atoms. The fourth-order valence-electron chi connectivity index (χ4n) is 3.06. The normalized spacial score (nSPS) is 20.9. The van der Waals surface area contributed by atoms with Gasteiger partial charge < -0.3 is 9.72 Å². The summed E-state index contributed by atoms with van der Waals surface area (Å²) >= 11 is 0. The second-order valence-corrected chi connectivity index (χ2v) is 6.21. The van der Waals surface area contributed by atoms with Crippen LogP contribution in [0.15, 0.2) is 30.6 Å². The standard InChI is InChI=1S/C16H24N4/c1-13(2)9-14-10-19(8-6-17-14)11-15-12-20-7-4-3-5-16(20)18-15/h3-5,7,12-14,17H,6,8-11H2,1-2H3. The van der Waals surface area contributed by atoms with E-state index in [4.69, 9.17) is 4.98 Å². The van der Waals surface area contributed by atoms with Crippen LogP contribution in [0.4, 0.5) is 0 Å². The number of fused-ring (bicyclic) bond motifs is 1. The molecule has 3 rings (SSSR count). The predicted octanol–water partition coefficient (Wildman–Crippen LogP) is 2.15. The van der Waals surface area contributed by atoms with Crippen LogP contribution in [-0.2, 0) is 6.54 Å². The lowest BCUT2D eigenvalue weighted by molar-refractivity contribution is 0.178. The zero-order valence-electron chi connectivity index (χ0n) is 12.4. The van der Waals surface area contributed by atoms with Gasteiger partial charge in [0.1, 0.15) is 5.65 Å². The number of hydrogen-bond acceptors (Lipinski definition) is 3. The molecule has 1 saturated heterocycles. The van der Waals surface area contributed by atoms with Gasteiger partial charge in [-0.25, -0.2) is 4.98 Å². The molecule has 0 aromatic carbocycles. The van der Waals surface area contributed by atoms with Gasteiger partial charge in [-0.2, -0.15) is 0 Å². The molecule has 0 radical (unpaired) electrons. The molecule has 0 saturated carbocycles. The molecule has 108 valence electrons. The predicted molar refractivity (Wildman–Crippen MR) is 81.7 cm³/mol. The Hall–Kier alpha value is -1.39. The van der Waals surface area contributed by atoms with Gasteiger partial charge in [0, 0.05) is 44.6 Å². The summed E-state index contributed by atoms with van der Waals surface area (Å²) in [5.74, 6) is 0.752. The number of piperazine rings is 1. The Morgan fingerprint density at radius 3 is 3.10 bits per heavy atom. The third kappa shape index (κ3) is 3.19. The Morgan fingerprint density at radius 1 is 1.40 bits per heavy atom. The Kier molecular flexibility index (Phi) is 4.03. The van der Waals surface area contributed by atoms with E-state index in [1.54, 1.807) is 0 Å². The first-order valence-electron chi connectivity index (χ1n) is 7.59. The van der Waals surface area contributed by atoms with E-state index in [0.29, 0.717) is 6.04 Å². The quantitative estimate of drug-likeness (QED) is 0.925. The number of nitrogens with zero attached hydrogens (tertiary/aromatic N) is 3. The van der Waals surface area contributed by atoms with Crippen LogP contribution in [0.5, 0.6) is 0 Å². The van der Waals surface area contributed by atoms with Gasteiger partial charge in [-0.3, -0.25) is 4.90 Å². The van der Waals surface area contributed by atoms with Crippen LogP contribution < -0.4 is 5.32 Å². The van der Waals surface area contributed by atoms with Crippen molar-refractivity contribution in [3.8, 4) is 0 Å². The summed E-state index contributed by atoms with van der Waals surface area (Å²) in [5.41, 5.74) is 2.21. The van der Waals surface area contributed by atoms with Crippen molar-refractivity contribution in [1.82, 2.24) is 19.6 Å². The van der Waals surface area contributed by atoms with Crippen molar-refractivity contribution >= 4 is 5.65 Å². The van der Waals surface area contributed by atoms with Crippen LogP contribution in [0, 0.1) is 5.92 Å². The van der Waals surface area contributed by atoms with Crippen LogP contribution in [0.1, 0.15) is 26.0 Å². The lowest BCUT2D eigenvalue weighted by atomic mass is 10.0. The molecule has 1 aliphatic heterocycles. The van der Waals surface area contributed by atoms with Crippen molar-refractivity contribution in [3.05, 3.63) is 36.3 Å². The smallest absolute Gasteiger partial charge is 0.137 e. The lowest BCUT2D eigenvalue weighted by Gasteiger charge is -2.34. The van der Waals surface area contributed by atoms with Crippen molar-refractivity contribution in [2.45, 2.75) is 32.9 Å². The number of imidazole rings is 1. The Morgan fingerprint density at radius 2 is 2.30 bits per heavy atom. The largest absolute Gasteiger partial charge is 0.311 e. The fraction of sp³-hybridized carbons (Fsp3) is 0.562. The van der Waals surface area contributed by atoms with Crippen molar-refractivity contribution in [2.75, 3.05) is 19.6 Å². The second kappa shape index (κ2) is 5.94. The lowest BCUT2D eigenvalue weighted by Crippen LogP contribution is -2.50. The number of hydrogen-bond donors (Lipinski definition) is 1. The number of rotatable bonds is 4. The van der Waals surface area contributed by atoms with Gasteiger partial charge in [0.15, 0.2) is 0 Å². The highest BCUT2D eigenvalue weighted by Gasteiger charge is 2.20. The first-order valence-corrected chi connectivity index (χ1v) is 7.59. The molecule has 1 unspecified atom stereocenters. The highest BCUT2D eigenvalue weighted by Crippen LogP contribution is 2.13.